The molecule has 5 atom stereocenters. The van der Waals surface area contributed by atoms with E-state index in [4.69, 9.17) is 18.4 Å². The van der Waals surface area contributed by atoms with Crippen molar-refractivity contribution in [1.29, 1.82) is 0 Å². The van der Waals surface area contributed by atoms with Gasteiger partial charge < -0.3 is 29.7 Å². The molecule has 15 nitrogen and oxygen atoms in total. The average Bonchev–Trinajstić information content (AvgIpc) is 3.90. The highest BCUT2D eigenvalue weighted by atomic mass is 32.2. The van der Waals surface area contributed by atoms with Crippen LogP contribution in [-0.2, 0) is 33.6 Å². The van der Waals surface area contributed by atoms with Crippen molar-refractivity contribution >= 4 is 44.9 Å². The summed E-state index contributed by atoms with van der Waals surface area (Å²) >= 11 is 0. The zero-order valence-corrected chi connectivity index (χ0v) is 32.1. The molecule has 0 spiro atoms. The molecule has 1 saturated heterocycles. The number of alkyl carbamates (subject to hydrolysis) is 1. The van der Waals surface area contributed by atoms with Crippen LogP contribution in [-0.4, -0.2) is 90.7 Å². The SMILES string of the molecule is CCC1C[C@]1(NC(=O)[C@@H]1C[C@@H](Oc2nccc3cc(OC)ccc23)CN1C(=O)[C@@H](NC(=O)OC(C)(C)C)C(C)(C)C)C(=O)NS(=O)(=O)OC1(C)CC1. The first-order valence-corrected chi connectivity index (χ1v) is 19.0. The highest BCUT2D eigenvalue weighted by molar-refractivity contribution is 7.85. The monoisotopic (exact) mass is 745 g/mol. The van der Waals surface area contributed by atoms with Gasteiger partial charge >= 0.3 is 16.4 Å². The van der Waals surface area contributed by atoms with Crippen molar-refractivity contribution in [2.45, 2.75) is 122 Å². The number of aromatic nitrogens is 1. The minimum atomic E-state index is -4.45. The van der Waals surface area contributed by atoms with Crippen molar-refractivity contribution in [3.63, 3.8) is 0 Å². The van der Waals surface area contributed by atoms with Crippen LogP contribution in [0, 0.1) is 11.3 Å². The van der Waals surface area contributed by atoms with E-state index in [-0.39, 0.29) is 31.2 Å². The lowest BCUT2D eigenvalue weighted by Gasteiger charge is -2.36. The van der Waals surface area contributed by atoms with E-state index < -0.39 is 74.5 Å². The fraction of sp³-hybridized carbons (Fsp3) is 0.639. The minimum Gasteiger partial charge on any atom is -0.497 e. The minimum absolute atomic E-state index is 0.0172. The molecule has 3 aliphatic rings. The molecule has 1 aromatic carbocycles. The molecule has 3 fully saturated rings. The van der Waals surface area contributed by atoms with Gasteiger partial charge in [-0.2, -0.15) is 8.42 Å². The number of likely N-dealkylation sites (tertiary alicyclic amines) is 1. The van der Waals surface area contributed by atoms with Crippen LogP contribution in [0.3, 0.4) is 0 Å². The lowest BCUT2D eigenvalue weighted by atomic mass is 9.85. The highest BCUT2D eigenvalue weighted by Crippen LogP contribution is 2.47. The molecule has 16 heteroatoms. The smallest absolute Gasteiger partial charge is 0.408 e. The molecule has 4 amide bonds. The molecular weight excluding hydrogens is 694 g/mol. The predicted molar refractivity (Wildman–Crippen MR) is 190 cm³/mol. The molecule has 2 saturated carbocycles. The van der Waals surface area contributed by atoms with E-state index in [9.17, 15) is 27.6 Å². The Morgan fingerprint density at radius 1 is 1.08 bits per heavy atom. The van der Waals surface area contributed by atoms with Gasteiger partial charge in [0.15, 0.2) is 0 Å². The Bertz CT molecular complexity index is 1830. The van der Waals surface area contributed by atoms with Gasteiger partial charge in [0.2, 0.25) is 17.7 Å². The van der Waals surface area contributed by atoms with Crippen LogP contribution in [0.25, 0.3) is 10.8 Å². The molecule has 2 aromatic rings. The molecule has 286 valence electrons. The Labute approximate surface area is 305 Å². The molecule has 1 aromatic heterocycles. The third-order valence-electron chi connectivity index (χ3n) is 9.67. The number of amides is 4. The number of fused-ring (bicyclic) bond motifs is 1. The molecule has 0 radical (unpaired) electrons. The molecule has 1 aliphatic heterocycles. The number of hydrogen-bond donors (Lipinski definition) is 3. The number of pyridine rings is 1. The van der Waals surface area contributed by atoms with Crippen molar-refractivity contribution in [3.8, 4) is 11.6 Å². The van der Waals surface area contributed by atoms with E-state index in [2.05, 4.69) is 15.6 Å². The fourth-order valence-corrected chi connectivity index (χ4v) is 7.63. The van der Waals surface area contributed by atoms with E-state index in [1.807, 2.05) is 23.8 Å². The summed E-state index contributed by atoms with van der Waals surface area (Å²) in [5.41, 5.74) is -4.04. The molecule has 5 rings (SSSR count). The number of carbonyl (C=O) groups is 4. The second-order valence-corrected chi connectivity index (χ2v) is 17.6. The number of ether oxygens (including phenoxy) is 3. The van der Waals surface area contributed by atoms with Crippen molar-refractivity contribution in [3.05, 3.63) is 30.5 Å². The average molecular weight is 746 g/mol. The summed E-state index contributed by atoms with van der Waals surface area (Å²) in [7, 11) is -2.88. The number of nitrogens with one attached hydrogen (secondary N) is 3. The summed E-state index contributed by atoms with van der Waals surface area (Å²) in [6.07, 6.45) is 1.84. The van der Waals surface area contributed by atoms with Crippen molar-refractivity contribution < 1.29 is 46.0 Å². The number of benzene rings is 1. The predicted octanol–water partition coefficient (Wildman–Crippen LogP) is 3.75. The van der Waals surface area contributed by atoms with Crippen LogP contribution in [0.2, 0.25) is 0 Å². The molecule has 1 unspecified atom stereocenters. The second-order valence-electron chi connectivity index (χ2n) is 16.3. The van der Waals surface area contributed by atoms with Crippen molar-refractivity contribution in [2.24, 2.45) is 11.3 Å². The molecular formula is C36H51N5O10S. The van der Waals surface area contributed by atoms with E-state index in [1.165, 1.54) is 4.90 Å². The summed E-state index contributed by atoms with van der Waals surface area (Å²) in [6.45, 7) is 13.9. The maximum Gasteiger partial charge on any atom is 0.408 e. The third-order valence-corrected chi connectivity index (χ3v) is 10.7. The van der Waals surface area contributed by atoms with Gasteiger partial charge in [-0.15, -0.1) is 0 Å². The Hall–Kier alpha value is -4.18. The lowest BCUT2D eigenvalue weighted by Crippen LogP contribution is -2.60. The number of rotatable bonds is 12. The standard InChI is InChI=1S/C36H51N5O10S/c1-10-22-19-36(22,31(44)40-52(46,47)51-35(8)14-15-35)39-28(42)26-18-24(49-29-25-12-11-23(48-9)17-21(25)13-16-37-29)20-41(26)30(43)27(33(2,3)4)38-32(45)50-34(5,6)7/h11-13,16-17,22,24,26-27H,10,14-15,18-20H2,1-9H3,(H,38,45)(H,39,42)(H,40,44)/t22?,24-,26+,27-,36-/m1/s1. The summed E-state index contributed by atoms with van der Waals surface area (Å²) in [4.78, 5) is 61.0. The molecule has 2 aliphatic carbocycles. The van der Waals surface area contributed by atoms with Gasteiger partial charge in [-0.3, -0.25) is 14.4 Å². The van der Waals surface area contributed by atoms with E-state index >= 15 is 0 Å². The van der Waals surface area contributed by atoms with Gasteiger partial charge in [-0.1, -0.05) is 34.1 Å². The first-order valence-electron chi connectivity index (χ1n) is 17.6. The maximum atomic E-state index is 14.5. The number of nitrogens with zero attached hydrogens (tertiary/aromatic N) is 2. The normalized spacial score (nSPS) is 24.4. The van der Waals surface area contributed by atoms with Crippen LogP contribution in [0.4, 0.5) is 4.79 Å². The molecule has 0 bridgehead atoms. The fourth-order valence-electron chi connectivity index (χ4n) is 6.49. The second kappa shape index (κ2) is 14.0. The van der Waals surface area contributed by atoms with E-state index in [1.54, 1.807) is 73.9 Å². The first-order chi connectivity index (χ1) is 24.1. The number of carbonyl (C=O) groups excluding carboxylic acids is 4. The van der Waals surface area contributed by atoms with Crippen LogP contribution in [0.5, 0.6) is 11.6 Å². The zero-order chi connectivity index (χ0) is 38.4. The van der Waals surface area contributed by atoms with E-state index in [0.717, 1.165) is 5.39 Å². The summed E-state index contributed by atoms with van der Waals surface area (Å²) < 4.78 is 49.9. The summed E-state index contributed by atoms with van der Waals surface area (Å²) in [5, 5.41) is 7.01. The van der Waals surface area contributed by atoms with Crippen molar-refractivity contribution in [1.82, 2.24) is 25.2 Å². The van der Waals surface area contributed by atoms with Gasteiger partial charge in [0.25, 0.3) is 5.91 Å². The first kappa shape index (κ1) is 39.0. The van der Waals surface area contributed by atoms with Gasteiger partial charge in [0.05, 0.1) is 19.3 Å². The van der Waals surface area contributed by atoms with Gasteiger partial charge in [-0.25, -0.2) is 18.7 Å². The Morgan fingerprint density at radius 3 is 2.35 bits per heavy atom. The Balaban J connectivity index is 1.43. The summed E-state index contributed by atoms with van der Waals surface area (Å²) in [5.74, 6) is -1.55. The quantitative estimate of drug-likeness (QED) is 0.287. The molecule has 52 heavy (non-hydrogen) atoms. The highest BCUT2D eigenvalue weighted by Gasteiger charge is 2.62. The maximum absolute atomic E-state index is 14.5. The Kier molecular flexibility index (Phi) is 10.5. The summed E-state index contributed by atoms with van der Waals surface area (Å²) in [6, 6.07) is 4.95. The zero-order valence-electron chi connectivity index (χ0n) is 31.3. The lowest BCUT2D eigenvalue weighted by molar-refractivity contribution is -0.143. The van der Waals surface area contributed by atoms with Crippen LogP contribution in [0.1, 0.15) is 87.5 Å². The van der Waals surface area contributed by atoms with E-state index in [0.29, 0.717) is 30.4 Å². The molecule has 3 N–H and O–H groups in total. The van der Waals surface area contributed by atoms with Gasteiger partial charge in [0.1, 0.15) is 35.1 Å². The van der Waals surface area contributed by atoms with Crippen LogP contribution >= 0.6 is 0 Å². The van der Waals surface area contributed by atoms with Crippen LogP contribution < -0.4 is 24.8 Å². The number of hydrogen-bond acceptors (Lipinski definition) is 11. The van der Waals surface area contributed by atoms with Gasteiger partial charge in [0, 0.05) is 18.0 Å². The van der Waals surface area contributed by atoms with Gasteiger partial charge in [-0.05, 0) is 87.9 Å². The largest absolute Gasteiger partial charge is 0.497 e. The molecule has 2 heterocycles. The Morgan fingerprint density at radius 2 is 1.77 bits per heavy atom. The van der Waals surface area contributed by atoms with Crippen LogP contribution in [0.15, 0.2) is 30.5 Å². The third kappa shape index (κ3) is 8.88. The van der Waals surface area contributed by atoms with Crippen molar-refractivity contribution in [2.75, 3.05) is 13.7 Å². The number of methoxy groups -OCH3 is 1. The topological polar surface area (TPSA) is 192 Å².